The first-order chi connectivity index (χ1) is 12.8. The predicted molar refractivity (Wildman–Crippen MR) is 101 cm³/mol. The molecule has 10 heteroatoms. The van der Waals surface area contributed by atoms with Crippen molar-refractivity contribution in [2.45, 2.75) is 31.8 Å². The molecule has 0 aliphatic carbocycles. The van der Waals surface area contributed by atoms with Gasteiger partial charge in [0.2, 0.25) is 15.9 Å². The fraction of sp³-hybridized carbons (Fsp3) is 0.278. The van der Waals surface area contributed by atoms with Crippen molar-refractivity contribution in [3.05, 3.63) is 57.6 Å². The monoisotopic (exact) mass is 434 g/mol. The smallest absolute Gasteiger partial charge is 0.324 e. The van der Waals surface area contributed by atoms with Crippen molar-refractivity contribution in [2.75, 3.05) is 11.9 Å². The van der Waals surface area contributed by atoms with Crippen LogP contribution in [-0.4, -0.2) is 20.9 Å². The number of sulfonamides is 1. The van der Waals surface area contributed by atoms with E-state index in [1.807, 2.05) is 23.8 Å². The Bertz CT molecular complexity index is 998. The molecule has 5 nitrogen and oxygen atoms in total. The van der Waals surface area contributed by atoms with Gasteiger partial charge in [-0.05, 0) is 50.1 Å². The summed E-state index contributed by atoms with van der Waals surface area (Å²) in [5.41, 5.74) is 1.68. The molecule has 0 saturated carbocycles. The lowest BCUT2D eigenvalue weighted by Crippen LogP contribution is -2.34. The second kappa shape index (κ2) is 8.10. The summed E-state index contributed by atoms with van der Waals surface area (Å²) in [6.07, 6.45) is -4.92. The molecule has 0 heterocycles. The zero-order chi connectivity index (χ0) is 21.3. The van der Waals surface area contributed by atoms with E-state index in [2.05, 4.69) is 5.32 Å². The van der Waals surface area contributed by atoms with E-state index in [-0.39, 0.29) is 5.02 Å². The average molecular weight is 435 g/mol. The third kappa shape index (κ3) is 5.24. The Morgan fingerprint density at radius 2 is 1.64 bits per heavy atom. The molecular formula is C18H18ClF3N2O3S. The molecule has 0 aliphatic heterocycles. The van der Waals surface area contributed by atoms with Gasteiger partial charge in [-0.2, -0.15) is 13.2 Å². The minimum atomic E-state index is -4.92. The molecule has 28 heavy (non-hydrogen) atoms. The number of aryl methyl sites for hydroxylation is 3. The van der Waals surface area contributed by atoms with E-state index in [0.717, 1.165) is 28.8 Å². The van der Waals surface area contributed by atoms with E-state index in [9.17, 15) is 26.4 Å². The standard InChI is InChI=1S/C18H18ClF3N2O3S/c1-10-6-11(2)17(12(3)7-10)24-16(25)9-23-28(26,27)15-5-4-13(19)8-14(15)18(20,21)22/h4-8,23H,9H2,1-3H3,(H,24,25). The van der Waals surface area contributed by atoms with Gasteiger partial charge in [-0.1, -0.05) is 29.3 Å². The van der Waals surface area contributed by atoms with Gasteiger partial charge in [0, 0.05) is 10.7 Å². The van der Waals surface area contributed by atoms with Crippen LogP contribution in [0.4, 0.5) is 18.9 Å². The van der Waals surface area contributed by atoms with Gasteiger partial charge in [-0.3, -0.25) is 4.79 Å². The average Bonchev–Trinajstić information content (AvgIpc) is 2.55. The lowest BCUT2D eigenvalue weighted by molar-refractivity contribution is -0.139. The normalized spacial score (nSPS) is 12.1. The van der Waals surface area contributed by atoms with Crippen molar-refractivity contribution in [3.63, 3.8) is 0 Å². The van der Waals surface area contributed by atoms with Crippen LogP contribution in [0.3, 0.4) is 0 Å². The van der Waals surface area contributed by atoms with Crippen LogP contribution in [0, 0.1) is 20.8 Å². The fourth-order valence-corrected chi connectivity index (χ4v) is 4.12. The van der Waals surface area contributed by atoms with Crippen molar-refractivity contribution >= 4 is 33.2 Å². The molecule has 0 fully saturated rings. The van der Waals surface area contributed by atoms with Crippen molar-refractivity contribution in [3.8, 4) is 0 Å². The Balaban J connectivity index is 2.20. The first-order valence-electron chi connectivity index (χ1n) is 8.05. The maximum atomic E-state index is 13.1. The van der Waals surface area contributed by atoms with Gasteiger partial charge >= 0.3 is 6.18 Å². The van der Waals surface area contributed by atoms with E-state index in [4.69, 9.17) is 11.6 Å². The minimum Gasteiger partial charge on any atom is -0.324 e. The topological polar surface area (TPSA) is 75.3 Å². The van der Waals surface area contributed by atoms with Crippen molar-refractivity contribution < 1.29 is 26.4 Å². The molecule has 0 spiro atoms. The van der Waals surface area contributed by atoms with E-state index in [1.54, 1.807) is 13.8 Å². The number of anilines is 1. The molecule has 0 radical (unpaired) electrons. The van der Waals surface area contributed by atoms with Gasteiger partial charge in [0.1, 0.15) is 0 Å². The van der Waals surface area contributed by atoms with Gasteiger partial charge in [-0.15, -0.1) is 0 Å². The number of nitrogens with one attached hydrogen (secondary N) is 2. The summed E-state index contributed by atoms with van der Waals surface area (Å²) in [6, 6.07) is 5.99. The Labute approximate surface area is 166 Å². The second-order valence-corrected chi connectivity index (χ2v) is 8.46. The molecule has 152 valence electrons. The highest BCUT2D eigenvalue weighted by Crippen LogP contribution is 2.35. The highest BCUT2D eigenvalue weighted by molar-refractivity contribution is 7.89. The number of carbonyl (C=O) groups is 1. The quantitative estimate of drug-likeness (QED) is 0.740. The van der Waals surface area contributed by atoms with Gasteiger partial charge in [-0.25, -0.2) is 13.1 Å². The van der Waals surface area contributed by atoms with E-state index >= 15 is 0 Å². The van der Waals surface area contributed by atoms with E-state index in [1.165, 1.54) is 0 Å². The molecule has 2 rings (SSSR count). The van der Waals surface area contributed by atoms with Crippen LogP contribution in [-0.2, 0) is 21.0 Å². The number of alkyl halides is 3. The Morgan fingerprint density at radius 3 is 2.18 bits per heavy atom. The van der Waals surface area contributed by atoms with Gasteiger partial charge in [0.05, 0.1) is 17.0 Å². The van der Waals surface area contributed by atoms with Crippen LogP contribution in [0.2, 0.25) is 5.02 Å². The van der Waals surface area contributed by atoms with Gasteiger partial charge in [0.25, 0.3) is 0 Å². The van der Waals surface area contributed by atoms with Crippen LogP contribution >= 0.6 is 11.6 Å². The summed E-state index contributed by atoms with van der Waals surface area (Å²) >= 11 is 5.55. The highest BCUT2D eigenvalue weighted by Gasteiger charge is 2.37. The molecule has 0 saturated heterocycles. The number of halogens is 4. The third-order valence-electron chi connectivity index (χ3n) is 3.90. The van der Waals surface area contributed by atoms with Crippen LogP contribution in [0.25, 0.3) is 0 Å². The number of benzene rings is 2. The molecule has 1 amide bonds. The lowest BCUT2D eigenvalue weighted by Gasteiger charge is -2.15. The molecule has 0 aliphatic rings. The van der Waals surface area contributed by atoms with E-state index in [0.29, 0.717) is 11.8 Å². The summed E-state index contributed by atoms with van der Waals surface area (Å²) < 4.78 is 65.9. The molecule has 0 bridgehead atoms. The number of rotatable bonds is 5. The Hall–Kier alpha value is -2.10. The van der Waals surface area contributed by atoms with Gasteiger partial charge in [0.15, 0.2) is 0 Å². The van der Waals surface area contributed by atoms with Crippen LogP contribution in [0.15, 0.2) is 35.2 Å². The molecule has 2 aromatic rings. The number of hydrogen-bond donors (Lipinski definition) is 2. The van der Waals surface area contributed by atoms with Crippen molar-refractivity contribution in [1.29, 1.82) is 0 Å². The first kappa shape index (κ1) is 22.2. The van der Waals surface area contributed by atoms with Crippen LogP contribution < -0.4 is 10.0 Å². The zero-order valence-electron chi connectivity index (χ0n) is 15.2. The summed E-state index contributed by atoms with van der Waals surface area (Å²) in [5.74, 6) is -0.707. The number of amides is 1. The molecular weight excluding hydrogens is 417 g/mol. The van der Waals surface area contributed by atoms with Crippen LogP contribution in [0.5, 0.6) is 0 Å². The zero-order valence-corrected chi connectivity index (χ0v) is 16.8. The Kier molecular flexibility index (Phi) is 6.42. The number of carbonyl (C=O) groups excluding carboxylic acids is 1. The van der Waals surface area contributed by atoms with E-state index < -0.39 is 39.1 Å². The fourth-order valence-electron chi connectivity index (χ4n) is 2.76. The highest BCUT2D eigenvalue weighted by atomic mass is 35.5. The van der Waals surface area contributed by atoms with Crippen LogP contribution in [0.1, 0.15) is 22.3 Å². The second-order valence-electron chi connectivity index (χ2n) is 6.28. The summed E-state index contributed by atoms with van der Waals surface area (Å²) in [5, 5.41) is 2.32. The molecule has 0 aromatic heterocycles. The maximum Gasteiger partial charge on any atom is 0.417 e. The first-order valence-corrected chi connectivity index (χ1v) is 9.91. The SMILES string of the molecule is Cc1cc(C)c(NC(=O)CNS(=O)(=O)c2ccc(Cl)cc2C(F)(F)F)c(C)c1. The molecule has 2 aromatic carbocycles. The maximum absolute atomic E-state index is 13.1. The van der Waals surface area contributed by atoms with Gasteiger partial charge < -0.3 is 5.32 Å². The van der Waals surface area contributed by atoms with Crippen molar-refractivity contribution in [2.24, 2.45) is 0 Å². The summed E-state index contributed by atoms with van der Waals surface area (Å²) in [6.45, 7) is 4.73. The summed E-state index contributed by atoms with van der Waals surface area (Å²) in [7, 11) is -4.59. The minimum absolute atomic E-state index is 0.255. The molecule has 2 N–H and O–H groups in total. The summed E-state index contributed by atoms with van der Waals surface area (Å²) in [4.78, 5) is 11.1. The largest absolute Gasteiger partial charge is 0.417 e. The molecule has 0 atom stereocenters. The predicted octanol–water partition coefficient (Wildman–Crippen LogP) is 4.20. The number of hydrogen-bond acceptors (Lipinski definition) is 3. The lowest BCUT2D eigenvalue weighted by atomic mass is 10.1. The Morgan fingerprint density at radius 1 is 1.07 bits per heavy atom. The third-order valence-corrected chi connectivity index (χ3v) is 5.60. The molecule has 0 unspecified atom stereocenters. The van der Waals surface area contributed by atoms with Crippen molar-refractivity contribution in [1.82, 2.24) is 4.72 Å².